The molecule has 17 heavy (non-hydrogen) atoms. The first-order valence-electron chi connectivity index (χ1n) is 5.67. The molecule has 0 saturated carbocycles. The van der Waals surface area contributed by atoms with Crippen molar-refractivity contribution in [3.05, 3.63) is 29.3 Å². The van der Waals surface area contributed by atoms with E-state index in [2.05, 4.69) is 22.0 Å². The summed E-state index contributed by atoms with van der Waals surface area (Å²) in [6.45, 7) is 0. The van der Waals surface area contributed by atoms with E-state index in [1.165, 1.54) is 5.56 Å². The Morgan fingerprint density at radius 2 is 2.35 bits per heavy atom. The monoisotopic (exact) mass is 298 g/mol. The lowest BCUT2D eigenvalue weighted by Gasteiger charge is -2.25. The second-order valence-corrected chi connectivity index (χ2v) is 4.63. The third-order valence-electron chi connectivity index (χ3n) is 3.00. The van der Waals surface area contributed by atoms with Crippen LogP contribution in [0.25, 0.3) is 0 Å². The largest absolute Gasteiger partial charge is 0.497 e. The molecule has 0 saturated heterocycles. The highest BCUT2D eigenvalue weighted by Gasteiger charge is 2.23. The summed E-state index contributed by atoms with van der Waals surface area (Å²) in [7, 11) is 1.64. The molecule has 0 amide bonds. The Kier molecular flexibility index (Phi) is 4.05. The molecule has 1 aliphatic rings. The molecule has 0 aliphatic heterocycles. The number of benzene rings is 1. The summed E-state index contributed by atoms with van der Waals surface area (Å²) >= 11 is 3.11. The van der Waals surface area contributed by atoms with Crippen LogP contribution in [0.15, 0.2) is 18.2 Å². The number of ether oxygens (including phenoxy) is 2. The summed E-state index contributed by atoms with van der Waals surface area (Å²) in [6.07, 6.45) is 2.86. The van der Waals surface area contributed by atoms with Gasteiger partial charge in [-0.3, -0.25) is 4.79 Å². The van der Waals surface area contributed by atoms with Gasteiger partial charge < -0.3 is 9.47 Å². The van der Waals surface area contributed by atoms with E-state index in [1.54, 1.807) is 7.11 Å². The van der Waals surface area contributed by atoms with Gasteiger partial charge in [0.25, 0.3) is 0 Å². The molecule has 0 bridgehead atoms. The van der Waals surface area contributed by atoms with Gasteiger partial charge in [-0.15, -0.1) is 0 Å². The van der Waals surface area contributed by atoms with Gasteiger partial charge >= 0.3 is 5.97 Å². The van der Waals surface area contributed by atoms with Crippen LogP contribution < -0.4 is 4.74 Å². The van der Waals surface area contributed by atoms with Crippen LogP contribution in [-0.4, -0.2) is 18.4 Å². The minimum Gasteiger partial charge on any atom is -0.497 e. The summed E-state index contributed by atoms with van der Waals surface area (Å²) < 4.78 is 10.6. The van der Waals surface area contributed by atoms with Crippen LogP contribution in [0.5, 0.6) is 5.75 Å². The zero-order chi connectivity index (χ0) is 12.3. The lowest BCUT2D eigenvalue weighted by atomic mass is 9.89. The molecule has 0 aromatic heterocycles. The van der Waals surface area contributed by atoms with Crippen molar-refractivity contribution in [1.82, 2.24) is 0 Å². The molecule has 0 N–H and O–H groups in total. The Balaban J connectivity index is 2.25. The third kappa shape index (κ3) is 2.80. The molecule has 1 aliphatic carbocycles. The highest BCUT2D eigenvalue weighted by atomic mass is 79.9. The molecular weight excluding hydrogens is 284 g/mol. The van der Waals surface area contributed by atoms with Crippen LogP contribution in [-0.2, 0) is 16.0 Å². The molecule has 2 rings (SSSR count). The van der Waals surface area contributed by atoms with E-state index in [-0.39, 0.29) is 17.4 Å². The number of fused-ring (bicyclic) bond motifs is 1. The van der Waals surface area contributed by atoms with Gasteiger partial charge in [-0.2, -0.15) is 0 Å². The number of esters is 1. The van der Waals surface area contributed by atoms with Gasteiger partial charge in [0.1, 0.15) is 17.2 Å². The van der Waals surface area contributed by atoms with E-state index in [1.807, 2.05) is 12.1 Å². The fourth-order valence-electron chi connectivity index (χ4n) is 2.17. The first-order valence-corrected chi connectivity index (χ1v) is 6.79. The summed E-state index contributed by atoms with van der Waals surface area (Å²) in [6, 6.07) is 5.98. The van der Waals surface area contributed by atoms with Gasteiger partial charge in [-0.05, 0) is 42.5 Å². The first-order chi connectivity index (χ1) is 8.24. The Morgan fingerprint density at radius 1 is 1.53 bits per heavy atom. The highest BCUT2D eigenvalue weighted by Crippen LogP contribution is 2.34. The van der Waals surface area contributed by atoms with Gasteiger partial charge in [0.05, 0.1) is 7.11 Å². The smallest absolute Gasteiger partial charge is 0.317 e. The zero-order valence-electron chi connectivity index (χ0n) is 9.74. The molecule has 1 unspecified atom stereocenters. The number of carbonyl (C=O) groups is 1. The number of rotatable bonds is 3. The van der Waals surface area contributed by atoms with Crippen LogP contribution >= 0.6 is 15.9 Å². The minimum atomic E-state index is -0.217. The normalized spacial score (nSPS) is 18.4. The minimum absolute atomic E-state index is 0.126. The number of carbonyl (C=O) groups excluding carboxylic acids is 1. The van der Waals surface area contributed by atoms with E-state index in [0.29, 0.717) is 0 Å². The Labute approximate surface area is 109 Å². The summed E-state index contributed by atoms with van der Waals surface area (Å²) in [5.41, 5.74) is 2.34. The van der Waals surface area contributed by atoms with E-state index < -0.39 is 0 Å². The predicted molar refractivity (Wildman–Crippen MR) is 68.6 cm³/mol. The van der Waals surface area contributed by atoms with Crippen LogP contribution in [0.1, 0.15) is 30.1 Å². The van der Waals surface area contributed by atoms with Crippen LogP contribution in [0.4, 0.5) is 0 Å². The standard InChI is InChI=1S/C13H15BrO3/c1-16-10-6-5-9-3-2-4-12(11(9)7-10)17-13(15)8-14/h5-7,12H,2-4,8H2,1H3. The summed E-state index contributed by atoms with van der Waals surface area (Å²) in [5.74, 6) is 0.594. The maximum Gasteiger partial charge on any atom is 0.317 e. The number of methoxy groups -OCH3 is 1. The number of aryl methyl sites for hydroxylation is 1. The van der Waals surface area contributed by atoms with E-state index in [9.17, 15) is 4.79 Å². The molecule has 92 valence electrons. The van der Waals surface area contributed by atoms with Crippen molar-refractivity contribution in [2.75, 3.05) is 12.4 Å². The quantitative estimate of drug-likeness (QED) is 0.636. The lowest BCUT2D eigenvalue weighted by Crippen LogP contribution is -2.17. The van der Waals surface area contributed by atoms with Crippen LogP contribution in [0.3, 0.4) is 0 Å². The van der Waals surface area contributed by atoms with Gasteiger partial charge in [-0.1, -0.05) is 22.0 Å². The van der Waals surface area contributed by atoms with Gasteiger partial charge in [0.15, 0.2) is 0 Å². The van der Waals surface area contributed by atoms with Crippen molar-refractivity contribution in [1.29, 1.82) is 0 Å². The van der Waals surface area contributed by atoms with E-state index in [0.717, 1.165) is 30.6 Å². The molecule has 1 atom stereocenters. The molecule has 4 heteroatoms. The SMILES string of the molecule is COc1ccc2c(c1)C(OC(=O)CBr)CCC2. The van der Waals surface area contributed by atoms with Crippen molar-refractivity contribution in [3.63, 3.8) is 0 Å². The fourth-order valence-corrected chi connectivity index (χ4v) is 2.31. The zero-order valence-corrected chi connectivity index (χ0v) is 11.3. The number of halogens is 1. The van der Waals surface area contributed by atoms with Gasteiger partial charge in [0.2, 0.25) is 0 Å². The maximum atomic E-state index is 11.3. The molecule has 3 nitrogen and oxygen atoms in total. The van der Waals surface area contributed by atoms with Crippen molar-refractivity contribution >= 4 is 21.9 Å². The van der Waals surface area contributed by atoms with Gasteiger partial charge in [0, 0.05) is 0 Å². The van der Waals surface area contributed by atoms with Crippen LogP contribution in [0.2, 0.25) is 0 Å². The molecule has 0 fully saturated rings. The lowest BCUT2D eigenvalue weighted by molar-refractivity contribution is -0.146. The predicted octanol–water partition coefficient (Wildman–Crippen LogP) is 3.01. The Bertz CT molecular complexity index is 417. The molecular formula is C13H15BrO3. The average Bonchev–Trinajstić information content (AvgIpc) is 2.38. The Hall–Kier alpha value is -1.03. The first kappa shape index (κ1) is 12.4. The summed E-state index contributed by atoms with van der Waals surface area (Å²) in [4.78, 5) is 11.3. The van der Waals surface area contributed by atoms with E-state index >= 15 is 0 Å². The van der Waals surface area contributed by atoms with Crippen molar-refractivity contribution < 1.29 is 14.3 Å². The molecule has 1 aromatic rings. The van der Waals surface area contributed by atoms with E-state index in [4.69, 9.17) is 9.47 Å². The number of alkyl halides is 1. The van der Waals surface area contributed by atoms with Crippen molar-refractivity contribution in [2.24, 2.45) is 0 Å². The van der Waals surface area contributed by atoms with Crippen LogP contribution in [0, 0.1) is 0 Å². The number of hydrogen-bond donors (Lipinski definition) is 0. The second-order valence-electron chi connectivity index (χ2n) is 4.07. The molecule has 0 spiro atoms. The number of hydrogen-bond acceptors (Lipinski definition) is 3. The summed E-state index contributed by atoms with van der Waals surface area (Å²) in [5, 5.41) is 0.239. The maximum absolute atomic E-state index is 11.3. The molecule has 0 radical (unpaired) electrons. The Morgan fingerprint density at radius 3 is 3.06 bits per heavy atom. The van der Waals surface area contributed by atoms with Gasteiger partial charge in [-0.25, -0.2) is 0 Å². The second kappa shape index (κ2) is 5.54. The third-order valence-corrected chi connectivity index (χ3v) is 3.45. The molecule has 0 heterocycles. The highest BCUT2D eigenvalue weighted by molar-refractivity contribution is 9.09. The fraction of sp³-hybridized carbons (Fsp3) is 0.462. The average molecular weight is 299 g/mol. The topological polar surface area (TPSA) is 35.5 Å². The molecule has 1 aromatic carbocycles. The van der Waals surface area contributed by atoms with Crippen molar-refractivity contribution in [2.45, 2.75) is 25.4 Å². The van der Waals surface area contributed by atoms with Crippen molar-refractivity contribution in [3.8, 4) is 5.75 Å².